The first kappa shape index (κ1) is 16.3. The highest BCUT2D eigenvalue weighted by Gasteiger charge is 2.38. The van der Waals surface area contributed by atoms with Gasteiger partial charge in [0, 0.05) is 26.1 Å². The predicted molar refractivity (Wildman–Crippen MR) is 80.6 cm³/mol. The van der Waals surface area contributed by atoms with Crippen LogP contribution in [0.3, 0.4) is 0 Å². The molecule has 1 saturated heterocycles. The maximum Gasteiger partial charge on any atom is 0.225 e. The molecule has 21 heavy (non-hydrogen) atoms. The van der Waals surface area contributed by atoms with Crippen LogP contribution in [-0.4, -0.2) is 47.1 Å². The van der Waals surface area contributed by atoms with Gasteiger partial charge in [0.15, 0.2) is 0 Å². The van der Waals surface area contributed by atoms with E-state index in [1.807, 2.05) is 6.92 Å². The van der Waals surface area contributed by atoms with Crippen molar-refractivity contribution in [2.24, 2.45) is 11.3 Å². The number of aliphatic hydroxyl groups is 1. The molecule has 120 valence electrons. The van der Waals surface area contributed by atoms with Crippen molar-refractivity contribution in [1.29, 1.82) is 0 Å². The Bertz CT molecular complexity index is 410. The first-order valence-corrected chi connectivity index (χ1v) is 8.03. The summed E-state index contributed by atoms with van der Waals surface area (Å²) in [6.07, 6.45) is 3.71. The SMILES string of the molecule is CCN1CC(C(=O)NCC2(O)CCC(C)(C)CC2)CC1=O. The molecule has 2 amide bonds. The van der Waals surface area contributed by atoms with Crippen LogP contribution < -0.4 is 5.32 Å². The van der Waals surface area contributed by atoms with Gasteiger partial charge < -0.3 is 15.3 Å². The Morgan fingerprint density at radius 2 is 1.95 bits per heavy atom. The zero-order valence-corrected chi connectivity index (χ0v) is 13.4. The summed E-state index contributed by atoms with van der Waals surface area (Å²) >= 11 is 0. The Kier molecular flexibility index (Phi) is 4.61. The second kappa shape index (κ2) is 5.95. The molecule has 1 aliphatic carbocycles. The molecule has 0 aromatic carbocycles. The standard InChI is InChI=1S/C16H28N2O3/c1-4-18-10-12(9-13(18)19)14(20)17-11-16(21)7-5-15(2,3)6-8-16/h12,21H,4-11H2,1-3H3,(H,17,20). The third-order valence-corrected chi connectivity index (χ3v) is 5.09. The van der Waals surface area contributed by atoms with Gasteiger partial charge in [0.05, 0.1) is 11.5 Å². The summed E-state index contributed by atoms with van der Waals surface area (Å²) in [5.74, 6) is -0.311. The van der Waals surface area contributed by atoms with Crippen LogP contribution >= 0.6 is 0 Å². The van der Waals surface area contributed by atoms with Crippen molar-refractivity contribution in [2.45, 2.75) is 58.5 Å². The summed E-state index contributed by atoms with van der Waals surface area (Å²) in [5.41, 5.74) is -0.492. The first-order chi connectivity index (χ1) is 9.75. The average molecular weight is 296 g/mol. The smallest absolute Gasteiger partial charge is 0.225 e. The number of nitrogens with one attached hydrogen (secondary N) is 1. The van der Waals surface area contributed by atoms with E-state index in [4.69, 9.17) is 0 Å². The van der Waals surface area contributed by atoms with Crippen LogP contribution in [0.25, 0.3) is 0 Å². The lowest BCUT2D eigenvalue weighted by Gasteiger charge is -2.40. The van der Waals surface area contributed by atoms with Crippen LogP contribution in [0, 0.1) is 11.3 Å². The third-order valence-electron chi connectivity index (χ3n) is 5.09. The zero-order chi connectivity index (χ0) is 15.7. The van der Waals surface area contributed by atoms with Crippen molar-refractivity contribution in [3.63, 3.8) is 0 Å². The molecule has 1 unspecified atom stereocenters. The summed E-state index contributed by atoms with van der Waals surface area (Å²) < 4.78 is 0. The fraction of sp³-hybridized carbons (Fsp3) is 0.875. The highest BCUT2D eigenvalue weighted by atomic mass is 16.3. The molecule has 1 atom stereocenters. The lowest BCUT2D eigenvalue weighted by molar-refractivity contribution is -0.129. The van der Waals surface area contributed by atoms with Gasteiger partial charge in [-0.15, -0.1) is 0 Å². The normalized spacial score (nSPS) is 27.7. The lowest BCUT2D eigenvalue weighted by atomic mass is 9.71. The summed E-state index contributed by atoms with van der Waals surface area (Å²) in [7, 11) is 0. The fourth-order valence-corrected chi connectivity index (χ4v) is 3.22. The van der Waals surface area contributed by atoms with Gasteiger partial charge in [-0.2, -0.15) is 0 Å². The van der Waals surface area contributed by atoms with Gasteiger partial charge in [0.25, 0.3) is 0 Å². The van der Waals surface area contributed by atoms with Gasteiger partial charge in [0.1, 0.15) is 0 Å². The van der Waals surface area contributed by atoms with Crippen molar-refractivity contribution in [3.05, 3.63) is 0 Å². The van der Waals surface area contributed by atoms with Crippen LogP contribution in [0.4, 0.5) is 0 Å². The minimum atomic E-state index is -0.780. The highest BCUT2D eigenvalue weighted by Crippen LogP contribution is 2.39. The van der Waals surface area contributed by atoms with Crippen molar-refractivity contribution in [2.75, 3.05) is 19.6 Å². The van der Waals surface area contributed by atoms with Gasteiger partial charge >= 0.3 is 0 Å². The number of carbonyl (C=O) groups excluding carboxylic acids is 2. The molecule has 2 aliphatic rings. The Balaban J connectivity index is 1.81. The number of hydrogen-bond donors (Lipinski definition) is 2. The quantitative estimate of drug-likeness (QED) is 0.821. The van der Waals surface area contributed by atoms with Crippen LogP contribution in [0.15, 0.2) is 0 Å². The van der Waals surface area contributed by atoms with E-state index in [1.54, 1.807) is 4.90 Å². The first-order valence-electron chi connectivity index (χ1n) is 8.03. The molecule has 2 rings (SSSR count). The van der Waals surface area contributed by atoms with E-state index in [1.165, 1.54) is 0 Å². The van der Waals surface area contributed by atoms with Crippen molar-refractivity contribution in [1.82, 2.24) is 10.2 Å². The number of amides is 2. The molecule has 5 heteroatoms. The predicted octanol–water partition coefficient (Wildman–Crippen LogP) is 1.30. The molecule has 1 saturated carbocycles. The number of likely N-dealkylation sites (tertiary alicyclic amines) is 1. The van der Waals surface area contributed by atoms with Crippen LogP contribution in [-0.2, 0) is 9.59 Å². The molecule has 5 nitrogen and oxygen atoms in total. The van der Waals surface area contributed by atoms with Crippen LogP contribution in [0.1, 0.15) is 52.9 Å². The summed E-state index contributed by atoms with van der Waals surface area (Å²) in [5, 5.41) is 13.4. The summed E-state index contributed by atoms with van der Waals surface area (Å²) in [6.45, 7) is 7.82. The Labute approximate surface area is 127 Å². The minimum Gasteiger partial charge on any atom is -0.388 e. The van der Waals surface area contributed by atoms with E-state index in [9.17, 15) is 14.7 Å². The molecule has 1 heterocycles. The summed E-state index contributed by atoms with van der Waals surface area (Å²) in [6, 6.07) is 0. The molecule has 1 aliphatic heterocycles. The van der Waals surface area contributed by atoms with E-state index in [-0.39, 0.29) is 23.1 Å². The lowest BCUT2D eigenvalue weighted by Crippen LogP contribution is -2.48. The second-order valence-electron chi connectivity index (χ2n) is 7.44. The monoisotopic (exact) mass is 296 g/mol. The molecule has 0 aromatic rings. The number of carbonyl (C=O) groups is 2. The summed E-state index contributed by atoms with van der Waals surface area (Å²) in [4.78, 5) is 25.5. The van der Waals surface area contributed by atoms with Gasteiger partial charge in [-0.05, 0) is 38.0 Å². The number of hydrogen-bond acceptors (Lipinski definition) is 3. The fourth-order valence-electron chi connectivity index (χ4n) is 3.22. The second-order valence-corrected chi connectivity index (χ2v) is 7.44. The van der Waals surface area contributed by atoms with E-state index in [0.29, 0.717) is 26.1 Å². The van der Waals surface area contributed by atoms with E-state index >= 15 is 0 Å². The van der Waals surface area contributed by atoms with Crippen molar-refractivity contribution >= 4 is 11.8 Å². The van der Waals surface area contributed by atoms with Crippen molar-refractivity contribution < 1.29 is 14.7 Å². The zero-order valence-electron chi connectivity index (χ0n) is 13.4. The number of rotatable bonds is 4. The van der Waals surface area contributed by atoms with Gasteiger partial charge in [-0.3, -0.25) is 9.59 Å². The van der Waals surface area contributed by atoms with E-state index < -0.39 is 5.60 Å². The third kappa shape index (κ3) is 3.96. The molecule has 0 radical (unpaired) electrons. The van der Waals surface area contributed by atoms with Crippen molar-refractivity contribution in [3.8, 4) is 0 Å². The van der Waals surface area contributed by atoms with Gasteiger partial charge in [0.2, 0.25) is 11.8 Å². The van der Waals surface area contributed by atoms with Gasteiger partial charge in [-0.1, -0.05) is 13.8 Å². The maximum atomic E-state index is 12.2. The molecule has 2 N–H and O–H groups in total. The molecule has 2 fully saturated rings. The minimum absolute atomic E-state index is 0.0516. The topological polar surface area (TPSA) is 69.6 Å². The van der Waals surface area contributed by atoms with E-state index in [0.717, 1.165) is 25.7 Å². The largest absolute Gasteiger partial charge is 0.388 e. The average Bonchev–Trinajstić information content (AvgIpc) is 2.81. The van der Waals surface area contributed by atoms with Crippen LogP contribution in [0.2, 0.25) is 0 Å². The van der Waals surface area contributed by atoms with E-state index in [2.05, 4.69) is 19.2 Å². The Morgan fingerprint density at radius 1 is 1.33 bits per heavy atom. The molecule has 0 spiro atoms. The molecule has 0 bridgehead atoms. The Hall–Kier alpha value is -1.10. The molecular formula is C16H28N2O3. The molecule has 0 aromatic heterocycles. The molecular weight excluding hydrogens is 268 g/mol. The maximum absolute atomic E-state index is 12.2. The Morgan fingerprint density at radius 3 is 2.48 bits per heavy atom. The highest BCUT2D eigenvalue weighted by molar-refractivity contribution is 5.89. The van der Waals surface area contributed by atoms with Gasteiger partial charge in [-0.25, -0.2) is 0 Å². The van der Waals surface area contributed by atoms with Crippen LogP contribution in [0.5, 0.6) is 0 Å². The number of nitrogens with zero attached hydrogens (tertiary/aromatic N) is 1.